The number of nitro groups is 1. The van der Waals surface area contributed by atoms with Gasteiger partial charge in [-0.15, -0.1) is 11.3 Å². The summed E-state index contributed by atoms with van der Waals surface area (Å²) in [6.07, 6.45) is 2.91. The monoisotopic (exact) mass is 422 g/mol. The van der Waals surface area contributed by atoms with Crippen LogP contribution in [-0.4, -0.2) is 26.0 Å². The van der Waals surface area contributed by atoms with E-state index in [0.717, 1.165) is 0 Å². The second-order valence-corrected chi connectivity index (χ2v) is 6.87. The van der Waals surface area contributed by atoms with E-state index in [1.807, 2.05) is 0 Å². The zero-order valence-electron chi connectivity index (χ0n) is 15.2. The molecule has 2 aromatic carbocycles. The van der Waals surface area contributed by atoms with Gasteiger partial charge in [0.1, 0.15) is 22.9 Å². The maximum Gasteiger partial charge on any atom is 0.294 e. The summed E-state index contributed by atoms with van der Waals surface area (Å²) in [5, 5.41) is 36.9. The molecule has 0 bridgehead atoms. The van der Waals surface area contributed by atoms with Gasteiger partial charge in [0.25, 0.3) is 5.69 Å². The molecule has 0 saturated carbocycles. The molecule has 0 aliphatic heterocycles. The minimum atomic E-state index is -0.498. The highest BCUT2D eigenvalue weighted by atomic mass is 32.1. The quantitative estimate of drug-likeness (QED) is 0.282. The van der Waals surface area contributed by atoms with E-state index in [2.05, 4.69) is 10.1 Å². The predicted molar refractivity (Wildman–Crippen MR) is 111 cm³/mol. The van der Waals surface area contributed by atoms with Crippen LogP contribution in [-0.2, 0) is 0 Å². The third kappa shape index (κ3) is 3.84. The van der Waals surface area contributed by atoms with E-state index in [4.69, 9.17) is 4.42 Å². The van der Waals surface area contributed by atoms with Crippen molar-refractivity contribution >= 4 is 28.9 Å². The van der Waals surface area contributed by atoms with Gasteiger partial charge < -0.3 is 14.6 Å². The summed E-state index contributed by atoms with van der Waals surface area (Å²) in [4.78, 5) is 15.6. The van der Waals surface area contributed by atoms with Crippen LogP contribution in [0.15, 0.2) is 80.8 Å². The average molecular weight is 422 g/mol. The Kier molecular flexibility index (Phi) is 5.14. The highest BCUT2D eigenvalue weighted by Gasteiger charge is 2.14. The molecule has 4 rings (SSSR count). The van der Waals surface area contributed by atoms with Gasteiger partial charge in [-0.2, -0.15) is 5.10 Å². The number of aromatic nitrogens is 1. The molecule has 0 aliphatic carbocycles. The third-order valence-corrected chi connectivity index (χ3v) is 4.90. The molecular formula is C20H14N4O5S. The number of phenols is 2. The predicted octanol–water partition coefficient (Wildman–Crippen LogP) is 4.24. The lowest BCUT2D eigenvalue weighted by molar-refractivity contribution is -0.384. The van der Waals surface area contributed by atoms with E-state index in [-0.39, 0.29) is 22.9 Å². The molecule has 0 radical (unpaired) electrons. The topological polar surface area (TPSA) is 126 Å². The maximum absolute atomic E-state index is 11.3. The number of rotatable bonds is 5. The maximum atomic E-state index is 11.3. The molecule has 0 spiro atoms. The molecule has 0 saturated heterocycles. The standard InChI is InChI=1S/C20H14N4O5S/c25-14-8-7-13(18(26)10-14)11-21-23-17(19-6-3-9-29-19)12-30-20(23)22-15-4-1-2-5-16(15)24(27)28/h1-12,25-26H. The number of thiazole rings is 1. The van der Waals surface area contributed by atoms with Gasteiger partial charge in [0.2, 0.25) is 4.80 Å². The van der Waals surface area contributed by atoms with Gasteiger partial charge in [-0.3, -0.25) is 10.1 Å². The fourth-order valence-corrected chi connectivity index (χ4v) is 3.49. The van der Waals surface area contributed by atoms with E-state index in [1.54, 1.807) is 35.7 Å². The van der Waals surface area contributed by atoms with Crippen molar-refractivity contribution in [3.63, 3.8) is 0 Å². The largest absolute Gasteiger partial charge is 0.508 e. The minimum Gasteiger partial charge on any atom is -0.508 e. The smallest absolute Gasteiger partial charge is 0.294 e. The number of para-hydroxylation sites is 2. The van der Waals surface area contributed by atoms with Gasteiger partial charge in [-0.05, 0) is 30.3 Å². The van der Waals surface area contributed by atoms with Gasteiger partial charge in [-0.25, -0.2) is 9.67 Å². The Morgan fingerprint density at radius 2 is 1.97 bits per heavy atom. The molecule has 2 aromatic heterocycles. The van der Waals surface area contributed by atoms with Crippen molar-refractivity contribution in [3.8, 4) is 23.0 Å². The zero-order chi connectivity index (χ0) is 21.1. The SMILES string of the molecule is O=[N+]([O-])c1ccccc1N=c1scc(-c2ccco2)n1N=Cc1ccc(O)cc1O. The first-order valence-electron chi connectivity index (χ1n) is 8.62. The van der Waals surface area contributed by atoms with Crippen LogP contribution < -0.4 is 4.80 Å². The Labute approximate surface area is 173 Å². The first-order valence-corrected chi connectivity index (χ1v) is 9.50. The number of hydrogen-bond donors (Lipinski definition) is 2. The first-order chi connectivity index (χ1) is 14.5. The minimum absolute atomic E-state index is 0.0730. The van der Waals surface area contributed by atoms with Crippen LogP contribution in [0.5, 0.6) is 11.5 Å². The second-order valence-electron chi connectivity index (χ2n) is 6.04. The number of aromatic hydroxyl groups is 2. The van der Waals surface area contributed by atoms with E-state index < -0.39 is 4.92 Å². The van der Waals surface area contributed by atoms with Gasteiger partial charge in [-0.1, -0.05) is 12.1 Å². The number of hydrogen-bond acceptors (Lipinski definition) is 8. The van der Waals surface area contributed by atoms with Crippen molar-refractivity contribution in [3.05, 3.63) is 86.7 Å². The average Bonchev–Trinajstić information content (AvgIpc) is 3.38. The van der Waals surface area contributed by atoms with Crippen molar-refractivity contribution in [1.29, 1.82) is 0 Å². The van der Waals surface area contributed by atoms with E-state index in [0.29, 0.717) is 21.8 Å². The van der Waals surface area contributed by atoms with Crippen LogP contribution >= 0.6 is 11.3 Å². The number of nitrogens with zero attached hydrogens (tertiary/aromatic N) is 4. The summed E-state index contributed by atoms with van der Waals surface area (Å²) in [5.74, 6) is 0.310. The third-order valence-electron chi connectivity index (χ3n) is 4.08. The molecule has 4 aromatic rings. The second kappa shape index (κ2) is 8.05. The molecule has 0 aliphatic rings. The first kappa shape index (κ1) is 19.2. The molecule has 0 unspecified atom stereocenters. The van der Waals surface area contributed by atoms with E-state index in [1.165, 1.54) is 52.8 Å². The van der Waals surface area contributed by atoms with Crippen LogP contribution in [0.25, 0.3) is 11.5 Å². The summed E-state index contributed by atoms with van der Waals surface area (Å²) in [6.45, 7) is 0. The Hall–Kier alpha value is -4.18. The Morgan fingerprint density at radius 1 is 1.13 bits per heavy atom. The van der Waals surface area contributed by atoms with Crippen molar-refractivity contribution in [2.75, 3.05) is 0 Å². The van der Waals surface area contributed by atoms with Crippen molar-refractivity contribution < 1.29 is 19.6 Å². The lowest BCUT2D eigenvalue weighted by Crippen LogP contribution is -2.11. The lowest BCUT2D eigenvalue weighted by Gasteiger charge is -2.02. The van der Waals surface area contributed by atoms with E-state index in [9.17, 15) is 20.3 Å². The van der Waals surface area contributed by atoms with Crippen LogP contribution in [0.2, 0.25) is 0 Å². The fraction of sp³-hybridized carbons (Fsp3) is 0. The highest BCUT2D eigenvalue weighted by Crippen LogP contribution is 2.27. The summed E-state index contributed by atoms with van der Waals surface area (Å²) >= 11 is 1.23. The van der Waals surface area contributed by atoms with Gasteiger partial charge in [0.05, 0.1) is 17.4 Å². The van der Waals surface area contributed by atoms with Gasteiger partial charge in [0, 0.05) is 23.1 Å². The van der Waals surface area contributed by atoms with Gasteiger partial charge >= 0.3 is 0 Å². The fourth-order valence-electron chi connectivity index (χ4n) is 2.66. The van der Waals surface area contributed by atoms with Crippen LogP contribution in [0.3, 0.4) is 0 Å². The molecule has 30 heavy (non-hydrogen) atoms. The Morgan fingerprint density at radius 3 is 2.70 bits per heavy atom. The number of furan rings is 1. The Balaban J connectivity index is 1.87. The van der Waals surface area contributed by atoms with Gasteiger partial charge in [0.15, 0.2) is 5.76 Å². The molecular weight excluding hydrogens is 408 g/mol. The van der Waals surface area contributed by atoms with Crippen LogP contribution in [0.1, 0.15) is 5.56 Å². The van der Waals surface area contributed by atoms with Crippen molar-refractivity contribution in [2.24, 2.45) is 10.1 Å². The summed E-state index contributed by atoms with van der Waals surface area (Å²) < 4.78 is 6.92. The molecule has 0 fully saturated rings. The Bertz CT molecular complexity index is 1300. The summed E-state index contributed by atoms with van der Waals surface area (Å²) in [5.41, 5.74) is 1.01. The molecule has 0 amide bonds. The molecule has 2 N–H and O–H groups in total. The lowest BCUT2D eigenvalue weighted by atomic mass is 10.2. The van der Waals surface area contributed by atoms with Crippen LogP contribution in [0, 0.1) is 10.1 Å². The van der Waals surface area contributed by atoms with Crippen molar-refractivity contribution in [1.82, 2.24) is 4.68 Å². The molecule has 150 valence electrons. The molecule has 0 atom stereocenters. The molecule has 2 heterocycles. The molecule has 10 heteroatoms. The summed E-state index contributed by atoms with van der Waals surface area (Å²) in [6, 6.07) is 13.8. The van der Waals surface area contributed by atoms with Crippen molar-refractivity contribution in [2.45, 2.75) is 0 Å². The number of phenolic OH excluding ortho intramolecular Hbond substituents is 2. The summed E-state index contributed by atoms with van der Waals surface area (Å²) in [7, 11) is 0. The van der Waals surface area contributed by atoms with E-state index >= 15 is 0 Å². The highest BCUT2D eigenvalue weighted by molar-refractivity contribution is 7.07. The number of benzene rings is 2. The normalized spacial score (nSPS) is 11.9. The molecule has 9 nitrogen and oxygen atoms in total. The zero-order valence-corrected chi connectivity index (χ0v) is 16.1. The van der Waals surface area contributed by atoms with Crippen LogP contribution in [0.4, 0.5) is 11.4 Å². The number of nitro benzene ring substituents is 1.